The van der Waals surface area contributed by atoms with Crippen LogP contribution in [-0.2, 0) is 46.4 Å². The Kier molecular flexibility index (Phi) is 10.8. The fourth-order valence-electron chi connectivity index (χ4n) is 6.37. The number of likely N-dealkylation sites (tertiary alicyclic amines) is 2. The van der Waals surface area contributed by atoms with Crippen LogP contribution in [0.2, 0.25) is 0 Å². The molecule has 0 spiro atoms. The lowest BCUT2D eigenvalue weighted by Crippen LogP contribution is -2.59. The van der Waals surface area contributed by atoms with Crippen LogP contribution in [-0.4, -0.2) is 77.4 Å². The summed E-state index contributed by atoms with van der Waals surface area (Å²) >= 11 is 0. The Bertz CT molecular complexity index is 1340. The lowest BCUT2D eigenvalue weighted by atomic mass is 9.79. The van der Waals surface area contributed by atoms with Gasteiger partial charge in [-0.15, -0.1) is 0 Å². The van der Waals surface area contributed by atoms with Crippen molar-refractivity contribution < 1.29 is 38.2 Å². The molecule has 2 aromatic rings. The molecule has 10 heteroatoms. The van der Waals surface area contributed by atoms with Crippen LogP contribution in [0, 0.1) is 12.8 Å². The molecular formula is C34H42N2O8. The van der Waals surface area contributed by atoms with Crippen LogP contribution in [0.15, 0.2) is 54.6 Å². The summed E-state index contributed by atoms with van der Waals surface area (Å²) in [5.41, 5.74) is 1.52. The van der Waals surface area contributed by atoms with Crippen LogP contribution in [0.1, 0.15) is 62.6 Å². The van der Waals surface area contributed by atoms with Gasteiger partial charge in [0.2, 0.25) is 5.91 Å². The van der Waals surface area contributed by atoms with E-state index in [1.165, 1.54) is 18.9 Å². The average Bonchev–Trinajstić information content (AvgIpc) is 3.68. The molecule has 1 unspecified atom stereocenters. The molecule has 2 aromatic carbocycles. The Morgan fingerprint density at radius 1 is 0.955 bits per heavy atom. The highest BCUT2D eigenvalue weighted by Crippen LogP contribution is 2.38. The van der Waals surface area contributed by atoms with Gasteiger partial charge in [-0.05, 0) is 50.7 Å². The predicted octanol–water partition coefficient (Wildman–Crippen LogP) is 4.40. The summed E-state index contributed by atoms with van der Waals surface area (Å²) in [7, 11) is 1.22. The first kappa shape index (κ1) is 32.7. The summed E-state index contributed by atoms with van der Waals surface area (Å²) in [6.45, 7) is 5.56. The first-order chi connectivity index (χ1) is 21.1. The third kappa shape index (κ3) is 7.46. The number of carbonyl (C=O) groups excluding carboxylic acids is 5. The van der Waals surface area contributed by atoms with E-state index in [0.29, 0.717) is 38.8 Å². The largest absolute Gasteiger partial charge is 0.469 e. The van der Waals surface area contributed by atoms with Gasteiger partial charge in [-0.25, -0.2) is 4.79 Å². The number of Topliss-reactive ketones (excluding diaryl/α,β-unsaturated/α-hetero) is 1. The number of benzene rings is 2. The van der Waals surface area contributed by atoms with Gasteiger partial charge in [0.15, 0.2) is 5.78 Å². The smallest absolute Gasteiger partial charge is 0.410 e. The standard InChI is InChI=1S/C34H42N2O8/c1-23-13-15-26(16-14-23)21-34(30(38)20-28(32(40)42-4)24(2)44-25(3)37)17-9-19-36(34)31(39)29-12-8-18-35(29)33(41)43-22-27-10-6-5-7-11-27/h5-7,10-11,13-16,24,28-29H,8-9,12,17-22H2,1-4H3/t24-,28+,29+,34?/m1/s1. The molecule has 2 amide bonds. The molecule has 2 aliphatic rings. The Morgan fingerprint density at radius 3 is 2.32 bits per heavy atom. The summed E-state index contributed by atoms with van der Waals surface area (Å²) < 4.78 is 15.8. The highest BCUT2D eigenvalue weighted by atomic mass is 16.6. The van der Waals surface area contributed by atoms with Crippen molar-refractivity contribution in [2.24, 2.45) is 5.92 Å². The SMILES string of the molecule is COC(=O)[C@@H](CC(=O)C1(Cc2ccc(C)cc2)CCCN1C(=O)[C@@H]1CCCN1C(=O)OCc1ccccc1)[C@@H](C)OC(C)=O. The van der Waals surface area contributed by atoms with Crippen molar-refractivity contribution in [3.63, 3.8) is 0 Å². The van der Waals surface area contributed by atoms with Gasteiger partial charge in [0.1, 0.15) is 30.2 Å². The van der Waals surface area contributed by atoms with Crippen molar-refractivity contribution in [2.45, 2.75) is 83.6 Å². The minimum Gasteiger partial charge on any atom is -0.469 e. The van der Waals surface area contributed by atoms with Gasteiger partial charge in [-0.3, -0.25) is 24.1 Å². The normalized spacial score (nSPS) is 21.0. The van der Waals surface area contributed by atoms with Crippen LogP contribution < -0.4 is 0 Å². The number of amides is 2. The molecule has 44 heavy (non-hydrogen) atoms. The zero-order valence-corrected chi connectivity index (χ0v) is 26.0. The van der Waals surface area contributed by atoms with Crippen molar-refractivity contribution in [1.29, 1.82) is 0 Å². The second-order valence-corrected chi connectivity index (χ2v) is 11.8. The number of methoxy groups -OCH3 is 1. The maximum absolute atomic E-state index is 14.4. The first-order valence-corrected chi connectivity index (χ1v) is 15.2. The molecule has 10 nitrogen and oxygen atoms in total. The molecule has 0 aliphatic carbocycles. The number of hydrogen-bond acceptors (Lipinski definition) is 8. The van der Waals surface area contributed by atoms with Crippen molar-refractivity contribution in [3.8, 4) is 0 Å². The summed E-state index contributed by atoms with van der Waals surface area (Å²) in [5, 5.41) is 0. The molecule has 2 saturated heterocycles. The quantitative estimate of drug-likeness (QED) is 0.273. The van der Waals surface area contributed by atoms with Crippen molar-refractivity contribution in [1.82, 2.24) is 9.80 Å². The number of aryl methyl sites for hydroxylation is 1. The molecule has 0 bridgehead atoms. The molecule has 4 atom stereocenters. The van der Waals surface area contributed by atoms with Gasteiger partial charge in [0, 0.05) is 32.9 Å². The zero-order chi connectivity index (χ0) is 31.9. The van der Waals surface area contributed by atoms with Gasteiger partial charge >= 0.3 is 18.0 Å². The summed E-state index contributed by atoms with van der Waals surface area (Å²) in [6, 6.07) is 16.3. The van der Waals surface area contributed by atoms with E-state index in [-0.39, 0.29) is 31.1 Å². The van der Waals surface area contributed by atoms with Crippen LogP contribution in [0.25, 0.3) is 0 Å². The van der Waals surface area contributed by atoms with Crippen LogP contribution >= 0.6 is 0 Å². The van der Waals surface area contributed by atoms with Gasteiger partial charge in [0.05, 0.1) is 7.11 Å². The molecule has 0 saturated carbocycles. The minimum atomic E-state index is -1.25. The van der Waals surface area contributed by atoms with E-state index in [1.54, 1.807) is 11.8 Å². The summed E-state index contributed by atoms with van der Waals surface area (Å²) in [5.74, 6) is -2.91. The second-order valence-electron chi connectivity index (χ2n) is 11.8. The van der Waals surface area contributed by atoms with Crippen molar-refractivity contribution in [2.75, 3.05) is 20.2 Å². The zero-order valence-electron chi connectivity index (χ0n) is 26.0. The van der Waals surface area contributed by atoms with Crippen LogP contribution in [0.4, 0.5) is 4.79 Å². The Labute approximate surface area is 258 Å². The summed E-state index contributed by atoms with van der Waals surface area (Å²) in [4.78, 5) is 69.5. The number of hydrogen-bond donors (Lipinski definition) is 0. The molecule has 236 valence electrons. The third-order valence-corrected chi connectivity index (χ3v) is 8.70. The molecule has 2 heterocycles. The van der Waals surface area contributed by atoms with Crippen LogP contribution in [0.3, 0.4) is 0 Å². The fraction of sp³-hybridized carbons (Fsp3) is 0.500. The maximum Gasteiger partial charge on any atom is 0.410 e. The van der Waals surface area contributed by atoms with E-state index in [2.05, 4.69) is 0 Å². The number of carbonyl (C=O) groups is 5. The number of ketones is 1. The predicted molar refractivity (Wildman–Crippen MR) is 161 cm³/mol. The van der Waals surface area contributed by atoms with Gasteiger partial charge in [0.25, 0.3) is 0 Å². The molecule has 0 radical (unpaired) electrons. The highest BCUT2D eigenvalue weighted by Gasteiger charge is 2.53. The average molecular weight is 607 g/mol. The van der Waals surface area contributed by atoms with Gasteiger partial charge < -0.3 is 19.1 Å². The fourth-order valence-corrected chi connectivity index (χ4v) is 6.37. The molecule has 2 aliphatic heterocycles. The summed E-state index contributed by atoms with van der Waals surface area (Å²) in [6.07, 6.45) is 0.565. The minimum absolute atomic E-state index is 0.0894. The van der Waals surface area contributed by atoms with Crippen molar-refractivity contribution in [3.05, 3.63) is 71.3 Å². The van der Waals surface area contributed by atoms with Gasteiger partial charge in [-0.2, -0.15) is 0 Å². The van der Waals surface area contributed by atoms with E-state index < -0.39 is 41.6 Å². The topological polar surface area (TPSA) is 120 Å². The van der Waals surface area contributed by atoms with E-state index in [9.17, 15) is 24.0 Å². The Morgan fingerprint density at radius 2 is 1.66 bits per heavy atom. The number of rotatable bonds is 11. The molecule has 0 aromatic heterocycles. The van der Waals surface area contributed by atoms with E-state index in [1.807, 2.05) is 61.5 Å². The van der Waals surface area contributed by atoms with Crippen molar-refractivity contribution >= 4 is 29.7 Å². The highest BCUT2D eigenvalue weighted by molar-refractivity contribution is 5.97. The monoisotopic (exact) mass is 606 g/mol. The third-order valence-electron chi connectivity index (χ3n) is 8.70. The van der Waals surface area contributed by atoms with Crippen LogP contribution in [0.5, 0.6) is 0 Å². The molecular weight excluding hydrogens is 564 g/mol. The van der Waals surface area contributed by atoms with E-state index in [4.69, 9.17) is 14.2 Å². The number of esters is 2. The Hall–Kier alpha value is -4.21. The number of ether oxygens (including phenoxy) is 3. The lowest BCUT2D eigenvalue weighted by Gasteiger charge is -2.40. The second kappa shape index (κ2) is 14.5. The molecule has 2 fully saturated rings. The Balaban J connectivity index is 1.62. The maximum atomic E-state index is 14.4. The van der Waals surface area contributed by atoms with E-state index >= 15 is 0 Å². The first-order valence-electron chi connectivity index (χ1n) is 15.2. The number of nitrogens with zero attached hydrogens (tertiary/aromatic N) is 2. The van der Waals surface area contributed by atoms with Gasteiger partial charge in [-0.1, -0.05) is 60.2 Å². The lowest BCUT2D eigenvalue weighted by molar-refractivity contribution is -0.161. The molecule has 0 N–H and O–H groups in total. The van der Waals surface area contributed by atoms with E-state index in [0.717, 1.165) is 16.7 Å². The molecule has 4 rings (SSSR count).